The summed E-state index contributed by atoms with van der Waals surface area (Å²) in [7, 11) is 4.09. The summed E-state index contributed by atoms with van der Waals surface area (Å²) in [5.74, 6) is 0.796. The molecule has 1 aliphatic carbocycles. The SMILES string of the molecule is CN(C)c1cccc(CNc2ncnc3c2ncn3C2CC2)c1. The van der Waals surface area contributed by atoms with Gasteiger partial charge in [-0.25, -0.2) is 15.0 Å². The van der Waals surface area contributed by atoms with Gasteiger partial charge in [0, 0.05) is 32.4 Å². The molecule has 3 aromatic rings. The average Bonchev–Trinajstić information content (AvgIpc) is 3.32. The van der Waals surface area contributed by atoms with Crippen molar-refractivity contribution in [3.05, 3.63) is 42.5 Å². The van der Waals surface area contributed by atoms with E-state index in [1.165, 1.54) is 24.1 Å². The van der Waals surface area contributed by atoms with E-state index < -0.39 is 0 Å². The van der Waals surface area contributed by atoms with Crippen LogP contribution in [0.5, 0.6) is 0 Å². The number of fused-ring (bicyclic) bond motifs is 1. The van der Waals surface area contributed by atoms with Crippen molar-refractivity contribution in [2.75, 3.05) is 24.3 Å². The molecule has 0 spiro atoms. The van der Waals surface area contributed by atoms with E-state index in [0.29, 0.717) is 12.6 Å². The van der Waals surface area contributed by atoms with Gasteiger partial charge in [0.25, 0.3) is 0 Å². The molecule has 6 nitrogen and oxygen atoms in total. The van der Waals surface area contributed by atoms with Crippen molar-refractivity contribution in [2.45, 2.75) is 25.4 Å². The molecule has 2 heterocycles. The first-order chi connectivity index (χ1) is 11.2. The van der Waals surface area contributed by atoms with Gasteiger partial charge in [-0.2, -0.15) is 0 Å². The van der Waals surface area contributed by atoms with Crippen LogP contribution >= 0.6 is 0 Å². The molecule has 1 aromatic carbocycles. The Labute approximate surface area is 135 Å². The van der Waals surface area contributed by atoms with Crippen molar-refractivity contribution in [1.29, 1.82) is 0 Å². The number of aromatic nitrogens is 4. The maximum absolute atomic E-state index is 4.51. The van der Waals surface area contributed by atoms with E-state index in [9.17, 15) is 0 Å². The Morgan fingerprint density at radius 1 is 1.22 bits per heavy atom. The zero-order valence-electron chi connectivity index (χ0n) is 13.4. The molecule has 118 valence electrons. The third kappa shape index (κ3) is 2.72. The molecule has 0 aliphatic heterocycles. The number of nitrogens with one attached hydrogen (secondary N) is 1. The predicted octanol–water partition coefficient (Wildman–Crippen LogP) is 2.84. The van der Waals surface area contributed by atoms with Gasteiger partial charge < -0.3 is 14.8 Å². The number of hydrogen-bond acceptors (Lipinski definition) is 5. The van der Waals surface area contributed by atoms with Gasteiger partial charge in [-0.3, -0.25) is 0 Å². The van der Waals surface area contributed by atoms with Gasteiger partial charge in [0.15, 0.2) is 11.5 Å². The summed E-state index contributed by atoms with van der Waals surface area (Å²) in [6.45, 7) is 0.712. The number of rotatable bonds is 5. The topological polar surface area (TPSA) is 58.9 Å². The lowest BCUT2D eigenvalue weighted by Crippen LogP contribution is -2.09. The van der Waals surface area contributed by atoms with Crippen LogP contribution in [-0.2, 0) is 6.54 Å². The molecule has 1 N–H and O–H groups in total. The first kappa shape index (κ1) is 14.0. The van der Waals surface area contributed by atoms with Crippen LogP contribution in [0.3, 0.4) is 0 Å². The van der Waals surface area contributed by atoms with Crippen molar-refractivity contribution in [2.24, 2.45) is 0 Å². The Kier molecular flexibility index (Phi) is 3.37. The van der Waals surface area contributed by atoms with Crippen LogP contribution < -0.4 is 10.2 Å². The molecule has 0 amide bonds. The van der Waals surface area contributed by atoms with E-state index in [1.54, 1.807) is 6.33 Å². The second-order valence-electron chi connectivity index (χ2n) is 6.20. The molecular formula is C17H20N6. The molecule has 0 unspecified atom stereocenters. The summed E-state index contributed by atoms with van der Waals surface area (Å²) in [5, 5.41) is 3.40. The molecular weight excluding hydrogens is 288 g/mol. The van der Waals surface area contributed by atoms with Gasteiger partial charge in [-0.1, -0.05) is 12.1 Å². The van der Waals surface area contributed by atoms with Gasteiger partial charge in [0.1, 0.15) is 11.8 Å². The smallest absolute Gasteiger partial charge is 0.165 e. The fraction of sp³-hybridized carbons (Fsp3) is 0.353. The molecule has 1 fully saturated rings. The van der Waals surface area contributed by atoms with E-state index in [0.717, 1.165) is 17.0 Å². The summed E-state index contributed by atoms with van der Waals surface area (Å²) in [5.41, 5.74) is 4.18. The Morgan fingerprint density at radius 3 is 2.87 bits per heavy atom. The van der Waals surface area contributed by atoms with Crippen molar-refractivity contribution >= 4 is 22.7 Å². The minimum absolute atomic E-state index is 0.569. The maximum atomic E-state index is 4.51. The fourth-order valence-corrected chi connectivity index (χ4v) is 2.73. The number of anilines is 2. The standard InChI is InChI=1S/C17H20N6/c1-22(2)14-5-3-4-12(8-14)9-18-16-15-17(20-10-19-16)23(11-21-15)13-6-7-13/h3-5,8,10-11,13H,6-7,9H2,1-2H3,(H,18,19,20). The monoisotopic (exact) mass is 308 g/mol. The second kappa shape index (κ2) is 5.53. The first-order valence-electron chi connectivity index (χ1n) is 7.90. The van der Waals surface area contributed by atoms with Crippen LogP contribution in [0.1, 0.15) is 24.4 Å². The van der Waals surface area contributed by atoms with Gasteiger partial charge in [0.05, 0.1) is 6.33 Å². The van der Waals surface area contributed by atoms with Gasteiger partial charge >= 0.3 is 0 Å². The van der Waals surface area contributed by atoms with Crippen LogP contribution in [0, 0.1) is 0 Å². The van der Waals surface area contributed by atoms with E-state index in [4.69, 9.17) is 0 Å². The Hall–Kier alpha value is -2.63. The summed E-state index contributed by atoms with van der Waals surface area (Å²) in [6.07, 6.45) is 5.93. The normalized spacial score (nSPS) is 14.2. The highest BCUT2D eigenvalue weighted by molar-refractivity contribution is 5.82. The van der Waals surface area contributed by atoms with Gasteiger partial charge in [-0.05, 0) is 30.5 Å². The van der Waals surface area contributed by atoms with Crippen molar-refractivity contribution in [3.63, 3.8) is 0 Å². The Balaban J connectivity index is 1.57. The molecule has 2 aromatic heterocycles. The molecule has 0 saturated heterocycles. The molecule has 1 saturated carbocycles. The average molecular weight is 308 g/mol. The predicted molar refractivity (Wildman–Crippen MR) is 91.7 cm³/mol. The minimum Gasteiger partial charge on any atom is -0.378 e. The molecule has 6 heteroatoms. The Morgan fingerprint density at radius 2 is 2.09 bits per heavy atom. The summed E-state index contributed by atoms with van der Waals surface area (Å²) in [4.78, 5) is 15.4. The molecule has 4 rings (SSSR count). The summed E-state index contributed by atoms with van der Waals surface area (Å²) >= 11 is 0. The zero-order chi connectivity index (χ0) is 15.8. The van der Waals surface area contributed by atoms with Gasteiger partial charge in [0.2, 0.25) is 0 Å². The number of benzene rings is 1. The third-order valence-corrected chi connectivity index (χ3v) is 4.19. The fourth-order valence-electron chi connectivity index (χ4n) is 2.73. The van der Waals surface area contributed by atoms with Crippen LogP contribution in [0.2, 0.25) is 0 Å². The summed E-state index contributed by atoms with van der Waals surface area (Å²) < 4.78 is 2.16. The maximum Gasteiger partial charge on any atom is 0.165 e. The largest absolute Gasteiger partial charge is 0.378 e. The number of nitrogens with zero attached hydrogens (tertiary/aromatic N) is 5. The second-order valence-corrected chi connectivity index (χ2v) is 6.20. The first-order valence-corrected chi connectivity index (χ1v) is 7.90. The van der Waals surface area contributed by atoms with E-state index in [2.05, 4.69) is 54.0 Å². The Bertz CT molecular complexity index is 834. The minimum atomic E-state index is 0.569. The van der Waals surface area contributed by atoms with E-state index >= 15 is 0 Å². The highest BCUT2D eigenvalue weighted by atomic mass is 15.2. The van der Waals surface area contributed by atoms with Crippen molar-refractivity contribution < 1.29 is 0 Å². The molecule has 0 bridgehead atoms. The molecule has 0 atom stereocenters. The van der Waals surface area contributed by atoms with Crippen LogP contribution in [0.15, 0.2) is 36.9 Å². The molecule has 0 radical (unpaired) electrons. The highest BCUT2D eigenvalue weighted by Gasteiger charge is 2.26. The van der Waals surface area contributed by atoms with Crippen molar-refractivity contribution in [3.8, 4) is 0 Å². The third-order valence-electron chi connectivity index (χ3n) is 4.19. The van der Waals surface area contributed by atoms with E-state index in [-0.39, 0.29) is 0 Å². The van der Waals surface area contributed by atoms with Crippen molar-refractivity contribution in [1.82, 2.24) is 19.5 Å². The van der Waals surface area contributed by atoms with Crippen LogP contribution in [-0.4, -0.2) is 33.6 Å². The van der Waals surface area contributed by atoms with Crippen LogP contribution in [0.25, 0.3) is 11.2 Å². The molecule has 23 heavy (non-hydrogen) atoms. The molecule has 1 aliphatic rings. The van der Waals surface area contributed by atoms with E-state index in [1.807, 2.05) is 20.4 Å². The zero-order valence-corrected chi connectivity index (χ0v) is 13.4. The lowest BCUT2D eigenvalue weighted by atomic mass is 10.2. The van der Waals surface area contributed by atoms with Gasteiger partial charge in [-0.15, -0.1) is 0 Å². The highest BCUT2D eigenvalue weighted by Crippen LogP contribution is 2.37. The lowest BCUT2D eigenvalue weighted by Gasteiger charge is -2.14. The number of hydrogen-bond donors (Lipinski definition) is 1. The summed E-state index contributed by atoms with van der Waals surface area (Å²) in [6, 6.07) is 9.03. The quantitative estimate of drug-likeness (QED) is 0.785. The number of imidazole rings is 1. The lowest BCUT2D eigenvalue weighted by molar-refractivity contribution is 0.756. The van der Waals surface area contributed by atoms with Crippen LogP contribution in [0.4, 0.5) is 11.5 Å².